The molecule has 5 nitrogen and oxygen atoms in total. The van der Waals surface area contributed by atoms with Crippen molar-refractivity contribution in [2.75, 3.05) is 11.9 Å². The lowest BCUT2D eigenvalue weighted by atomic mass is 10.0. The average Bonchev–Trinajstić information content (AvgIpc) is 2.22. The van der Waals surface area contributed by atoms with Gasteiger partial charge in [-0.2, -0.15) is 5.10 Å². The van der Waals surface area contributed by atoms with Gasteiger partial charge in [-0.15, -0.1) is 5.10 Å². The van der Waals surface area contributed by atoms with Gasteiger partial charge < -0.3 is 10.4 Å². The Morgan fingerprint density at radius 3 is 2.38 bits per heavy atom. The van der Waals surface area contributed by atoms with E-state index < -0.39 is 0 Å². The number of rotatable bonds is 5. The van der Waals surface area contributed by atoms with Crippen molar-refractivity contribution in [3.05, 3.63) is 11.4 Å². The van der Waals surface area contributed by atoms with Crippen LogP contribution < -0.4 is 5.32 Å². The second-order valence-corrected chi connectivity index (χ2v) is 4.31. The summed E-state index contributed by atoms with van der Waals surface area (Å²) < 4.78 is 0. The highest BCUT2D eigenvalue weighted by Gasteiger charge is 2.14. The molecule has 1 heterocycles. The summed E-state index contributed by atoms with van der Waals surface area (Å²) in [5, 5.41) is 20.2. The molecule has 1 atom stereocenters. The second kappa shape index (κ2) is 5.75. The molecule has 0 aliphatic carbocycles. The van der Waals surface area contributed by atoms with Gasteiger partial charge in [-0.3, -0.25) is 0 Å². The lowest BCUT2D eigenvalue weighted by Gasteiger charge is -2.21. The number of aliphatic hydroxyl groups is 1. The van der Waals surface area contributed by atoms with E-state index in [1.807, 2.05) is 13.8 Å². The predicted octanol–water partition coefficient (Wildman–Crippen LogP) is 1.31. The third-order valence-corrected chi connectivity index (χ3v) is 2.65. The fourth-order valence-corrected chi connectivity index (χ4v) is 1.40. The Balaban J connectivity index is 2.73. The molecule has 16 heavy (non-hydrogen) atoms. The highest BCUT2D eigenvalue weighted by Crippen LogP contribution is 2.11. The van der Waals surface area contributed by atoms with Crippen molar-refractivity contribution in [1.82, 2.24) is 15.2 Å². The van der Waals surface area contributed by atoms with Gasteiger partial charge in [0.05, 0.1) is 11.4 Å². The van der Waals surface area contributed by atoms with E-state index in [4.69, 9.17) is 5.11 Å². The Morgan fingerprint density at radius 1 is 1.19 bits per heavy atom. The molecule has 0 radical (unpaired) electrons. The third-order valence-electron chi connectivity index (χ3n) is 2.65. The minimum atomic E-state index is 0.161. The van der Waals surface area contributed by atoms with Gasteiger partial charge in [0.1, 0.15) is 0 Å². The van der Waals surface area contributed by atoms with E-state index >= 15 is 0 Å². The monoisotopic (exact) mass is 224 g/mol. The molecule has 0 fully saturated rings. The van der Waals surface area contributed by atoms with Crippen molar-refractivity contribution < 1.29 is 5.11 Å². The van der Waals surface area contributed by atoms with Crippen LogP contribution >= 0.6 is 0 Å². The smallest absolute Gasteiger partial charge is 0.243 e. The van der Waals surface area contributed by atoms with Gasteiger partial charge in [-0.05, 0) is 26.2 Å². The molecular weight excluding hydrogens is 204 g/mol. The van der Waals surface area contributed by atoms with Crippen LogP contribution in [-0.2, 0) is 0 Å². The van der Waals surface area contributed by atoms with Crippen LogP contribution in [0.15, 0.2) is 0 Å². The van der Waals surface area contributed by atoms with E-state index in [2.05, 4.69) is 34.3 Å². The Labute approximate surface area is 96.3 Å². The number of anilines is 1. The predicted molar refractivity (Wildman–Crippen MR) is 63.3 cm³/mol. The number of aromatic nitrogens is 3. The minimum absolute atomic E-state index is 0.161. The summed E-state index contributed by atoms with van der Waals surface area (Å²) in [6, 6.07) is 0.175. The van der Waals surface area contributed by atoms with Crippen LogP contribution in [-0.4, -0.2) is 32.9 Å². The molecule has 0 saturated carbocycles. The summed E-state index contributed by atoms with van der Waals surface area (Å²) in [5.41, 5.74) is 1.72. The topological polar surface area (TPSA) is 70.9 Å². The molecule has 0 aromatic carbocycles. The minimum Gasteiger partial charge on any atom is -0.396 e. The summed E-state index contributed by atoms with van der Waals surface area (Å²) in [5.74, 6) is 0.951. The third kappa shape index (κ3) is 3.41. The molecule has 5 heteroatoms. The zero-order chi connectivity index (χ0) is 12.1. The number of nitrogens with zero attached hydrogens (tertiary/aromatic N) is 3. The van der Waals surface area contributed by atoms with Gasteiger partial charge in [0.15, 0.2) is 0 Å². The van der Waals surface area contributed by atoms with Crippen molar-refractivity contribution in [1.29, 1.82) is 0 Å². The normalized spacial score (nSPS) is 12.9. The Hall–Kier alpha value is -1.23. The summed E-state index contributed by atoms with van der Waals surface area (Å²) in [4.78, 5) is 4.31. The van der Waals surface area contributed by atoms with Gasteiger partial charge >= 0.3 is 0 Å². The van der Waals surface area contributed by atoms with Crippen LogP contribution in [0.25, 0.3) is 0 Å². The molecule has 0 aliphatic rings. The molecule has 0 saturated heterocycles. The van der Waals surface area contributed by atoms with E-state index in [-0.39, 0.29) is 12.6 Å². The van der Waals surface area contributed by atoms with Gasteiger partial charge in [-0.25, -0.2) is 4.98 Å². The summed E-state index contributed by atoms with van der Waals surface area (Å²) >= 11 is 0. The van der Waals surface area contributed by atoms with Crippen molar-refractivity contribution in [3.8, 4) is 0 Å². The zero-order valence-electron chi connectivity index (χ0n) is 10.4. The van der Waals surface area contributed by atoms with Crippen LogP contribution in [0.5, 0.6) is 0 Å². The maximum atomic E-state index is 8.97. The average molecular weight is 224 g/mol. The van der Waals surface area contributed by atoms with Gasteiger partial charge in [0, 0.05) is 12.6 Å². The Bertz CT molecular complexity index is 341. The summed E-state index contributed by atoms with van der Waals surface area (Å²) in [6.07, 6.45) is 0.688. The lowest BCUT2D eigenvalue weighted by molar-refractivity contribution is 0.267. The largest absolute Gasteiger partial charge is 0.396 e. The molecule has 1 aromatic heterocycles. The van der Waals surface area contributed by atoms with Crippen molar-refractivity contribution in [3.63, 3.8) is 0 Å². The molecule has 0 aliphatic heterocycles. The number of hydrogen-bond donors (Lipinski definition) is 2. The first-order valence-corrected chi connectivity index (χ1v) is 5.60. The standard InChI is InChI=1S/C11H20N4O/c1-7(2)10(5-6-16)13-11-12-8(3)9(4)14-15-11/h7,10,16H,5-6H2,1-4H3,(H,12,13,15). The molecular formula is C11H20N4O. The highest BCUT2D eigenvalue weighted by atomic mass is 16.3. The Kier molecular flexibility index (Phi) is 4.61. The first-order valence-electron chi connectivity index (χ1n) is 5.60. The van der Waals surface area contributed by atoms with Crippen LogP contribution in [0, 0.1) is 19.8 Å². The van der Waals surface area contributed by atoms with Crippen LogP contribution in [0.2, 0.25) is 0 Å². The van der Waals surface area contributed by atoms with E-state index in [0.29, 0.717) is 18.3 Å². The van der Waals surface area contributed by atoms with Crippen molar-refractivity contribution >= 4 is 5.95 Å². The Morgan fingerprint density at radius 2 is 1.88 bits per heavy atom. The van der Waals surface area contributed by atoms with Crippen molar-refractivity contribution in [2.45, 2.75) is 40.2 Å². The molecule has 1 rings (SSSR count). The highest BCUT2D eigenvalue weighted by molar-refractivity contribution is 5.26. The number of aryl methyl sites for hydroxylation is 2. The van der Waals surface area contributed by atoms with E-state index in [0.717, 1.165) is 11.4 Å². The van der Waals surface area contributed by atoms with Crippen LogP contribution in [0.3, 0.4) is 0 Å². The summed E-state index contributed by atoms with van der Waals surface area (Å²) in [7, 11) is 0. The first kappa shape index (κ1) is 12.8. The molecule has 2 N–H and O–H groups in total. The number of nitrogens with one attached hydrogen (secondary N) is 1. The maximum Gasteiger partial charge on any atom is 0.243 e. The quantitative estimate of drug-likeness (QED) is 0.789. The first-order chi connectivity index (χ1) is 7.54. The molecule has 0 amide bonds. The fraction of sp³-hybridized carbons (Fsp3) is 0.727. The van der Waals surface area contributed by atoms with E-state index in [1.165, 1.54) is 0 Å². The van der Waals surface area contributed by atoms with Gasteiger partial charge in [0.2, 0.25) is 5.95 Å². The van der Waals surface area contributed by atoms with Crippen LogP contribution in [0.1, 0.15) is 31.7 Å². The summed E-state index contributed by atoms with van der Waals surface area (Å²) in [6.45, 7) is 8.15. The molecule has 90 valence electrons. The van der Waals surface area contributed by atoms with E-state index in [1.54, 1.807) is 0 Å². The molecule has 1 unspecified atom stereocenters. The lowest BCUT2D eigenvalue weighted by Crippen LogP contribution is -2.28. The number of aliphatic hydroxyl groups excluding tert-OH is 1. The molecule has 0 bridgehead atoms. The SMILES string of the molecule is Cc1nnc(NC(CCO)C(C)C)nc1C. The van der Waals surface area contributed by atoms with Gasteiger partial charge in [-0.1, -0.05) is 13.8 Å². The zero-order valence-corrected chi connectivity index (χ0v) is 10.4. The fourth-order valence-electron chi connectivity index (χ4n) is 1.40. The number of hydrogen-bond acceptors (Lipinski definition) is 5. The van der Waals surface area contributed by atoms with Crippen LogP contribution in [0.4, 0.5) is 5.95 Å². The molecule has 0 spiro atoms. The second-order valence-electron chi connectivity index (χ2n) is 4.31. The molecule has 1 aromatic rings. The maximum absolute atomic E-state index is 8.97. The van der Waals surface area contributed by atoms with E-state index in [9.17, 15) is 0 Å². The van der Waals surface area contributed by atoms with Crippen molar-refractivity contribution in [2.24, 2.45) is 5.92 Å². The van der Waals surface area contributed by atoms with Gasteiger partial charge in [0.25, 0.3) is 0 Å².